The van der Waals surface area contributed by atoms with Gasteiger partial charge in [-0.3, -0.25) is 0 Å². The summed E-state index contributed by atoms with van der Waals surface area (Å²) in [5.41, 5.74) is -0.823. The van der Waals surface area contributed by atoms with Gasteiger partial charge in [-0.2, -0.15) is 0 Å². The number of fused-ring (bicyclic) bond motifs is 3. The van der Waals surface area contributed by atoms with Gasteiger partial charge < -0.3 is 0 Å². The zero-order valence-corrected chi connectivity index (χ0v) is 6.75. The monoisotopic (exact) mass is 162 g/mol. The van der Waals surface area contributed by atoms with Crippen molar-refractivity contribution in [1.29, 1.82) is 0 Å². The Balaban J connectivity index is 2.16. The highest BCUT2D eigenvalue weighted by Gasteiger charge is 2.47. The molecule has 0 aromatic rings. The molecule has 3 fully saturated rings. The molecule has 0 unspecified atom stereocenters. The molecule has 0 aromatic carbocycles. The second-order valence-electron chi connectivity index (χ2n) is 3.80. The average molecular weight is 163 g/mol. The van der Waals surface area contributed by atoms with Crippen LogP contribution in [0, 0.1) is 0 Å². The molecule has 0 radical (unpaired) electrons. The average Bonchev–Trinajstić information content (AvgIpc) is 1.93. The van der Waals surface area contributed by atoms with Crippen LogP contribution in [0.3, 0.4) is 0 Å². The first-order valence-corrected chi connectivity index (χ1v) is 4.38. The molecule has 0 nitrogen and oxygen atoms in total. The fourth-order valence-corrected chi connectivity index (χ4v) is 2.38. The highest BCUT2D eigenvalue weighted by atomic mass is 35.5. The van der Waals surface area contributed by atoms with E-state index >= 15 is 0 Å². The lowest BCUT2D eigenvalue weighted by atomic mass is 9.68. The van der Waals surface area contributed by atoms with Gasteiger partial charge in [-0.25, -0.2) is 4.39 Å². The van der Waals surface area contributed by atoms with Crippen molar-refractivity contribution in [3.63, 3.8) is 0 Å². The van der Waals surface area contributed by atoms with E-state index in [1.807, 2.05) is 0 Å². The highest BCUT2D eigenvalue weighted by Crippen LogP contribution is 2.51. The quantitative estimate of drug-likeness (QED) is 0.481. The van der Waals surface area contributed by atoms with Crippen LogP contribution in [-0.4, -0.2) is 10.5 Å². The molecule has 0 N–H and O–H groups in total. The minimum Gasteiger partial charge on any atom is -0.244 e. The third-order valence-corrected chi connectivity index (χ3v) is 3.63. The third kappa shape index (κ3) is 0.952. The molecule has 0 aliphatic heterocycles. The Morgan fingerprint density at radius 1 is 0.900 bits per heavy atom. The Morgan fingerprint density at radius 2 is 1.30 bits per heavy atom. The summed E-state index contributed by atoms with van der Waals surface area (Å²) in [6, 6.07) is 0. The first-order chi connectivity index (χ1) is 4.62. The summed E-state index contributed by atoms with van der Waals surface area (Å²) in [6.07, 6.45) is 4.80. The molecule has 0 saturated heterocycles. The fourth-order valence-electron chi connectivity index (χ4n) is 2.09. The lowest BCUT2D eigenvalue weighted by molar-refractivity contribution is 0.0325. The number of hydrogen-bond acceptors (Lipinski definition) is 0. The molecular weight excluding hydrogens is 151 g/mol. The third-order valence-electron chi connectivity index (χ3n) is 3.06. The normalized spacial score (nSPS) is 53.4. The molecule has 0 heterocycles. The Hall–Kier alpha value is 0.220. The predicted molar refractivity (Wildman–Crippen MR) is 40.1 cm³/mol. The summed E-state index contributed by atoms with van der Waals surface area (Å²) in [6.45, 7) is 0. The Labute approximate surface area is 65.8 Å². The maximum Gasteiger partial charge on any atom is 0.111 e. The van der Waals surface area contributed by atoms with E-state index in [-0.39, 0.29) is 4.87 Å². The summed E-state index contributed by atoms with van der Waals surface area (Å²) < 4.78 is 13.5. The molecule has 2 heteroatoms. The maximum absolute atomic E-state index is 13.5. The number of halogens is 2. The van der Waals surface area contributed by atoms with Crippen LogP contribution < -0.4 is 0 Å². The molecule has 0 atom stereocenters. The van der Waals surface area contributed by atoms with Crippen LogP contribution in [0.25, 0.3) is 0 Å². The van der Waals surface area contributed by atoms with E-state index < -0.39 is 5.67 Å². The molecule has 2 bridgehead atoms. The number of alkyl halides is 2. The first kappa shape index (κ1) is 6.90. The number of hydrogen-bond donors (Lipinski definition) is 0. The van der Waals surface area contributed by atoms with Crippen molar-refractivity contribution in [1.82, 2.24) is 0 Å². The molecule has 3 aliphatic rings. The van der Waals surface area contributed by atoms with Gasteiger partial charge in [0.25, 0.3) is 0 Å². The first-order valence-electron chi connectivity index (χ1n) is 4.00. The summed E-state index contributed by atoms with van der Waals surface area (Å²) in [5.74, 6) is 0. The van der Waals surface area contributed by atoms with Crippen LogP contribution in [0.15, 0.2) is 0 Å². The van der Waals surface area contributed by atoms with Gasteiger partial charge in [0.05, 0.1) is 0 Å². The standard InChI is InChI=1S/C8H12ClF/c9-7-1-4-8(10,5-2-7)6-3-7/h1-6H2. The Bertz CT molecular complexity index is 113. The van der Waals surface area contributed by atoms with Crippen molar-refractivity contribution in [3.8, 4) is 0 Å². The number of rotatable bonds is 0. The van der Waals surface area contributed by atoms with Crippen LogP contribution in [0.4, 0.5) is 4.39 Å². The molecule has 0 amide bonds. The summed E-state index contributed by atoms with van der Waals surface area (Å²) >= 11 is 6.19. The molecular formula is C8H12ClF. The summed E-state index contributed by atoms with van der Waals surface area (Å²) in [5, 5.41) is 0. The zero-order chi connectivity index (χ0) is 7.24. The summed E-state index contributed by atoms with van der Waals surface area (Å²) in [4.78, 5) is -0.00611. The van der Waals surface area contributed by atoms with Gasteiger partial charge in [0.2, 0.25) is 0 Å². The largest absolute Gasteiger partial charge is 0.244 e. The lowest BCUT2D eigenvalue weighted by Gasteiger charge is -2.46. The van der Waals surface area contributed by atoms with Gasteiger partial charge in [-0.1, -0.05) is 0 Å². The van der Waals surface area contributed by atoms with Gasteiger partial charge in [-0.05, 0) is 38.5 Å². The summed E-state index contributed by atoms with van der Waals surface area (Å²) in [7, 11) is 0. The van der Waals surface area contributed by atoms with E-state index in [1.54, 1.807) is 0 Å². The van der Waals surface area contributed by atoms with Gasteiger partial charge in [-0.15, -0.1) is 11.6 Å². The SMILES string of the molecule is FC12CCC(Cl)(CC1)CC2. The molecule has 58 valence electrons. The minimum absolute atomic E-state index is 0.00611. The van der Waals surface area contributed by atoms with Crippen molar-refractivity contribution in [2.24, 2.45) is 0 Å². The lowest BCUT2D eigenvalue weighted by Crippen LogP contribution is -2.44. The van der Waals surface area contributed by atoms with E-state index in [1.165, 1.54) is 0 Å². The molecule has 10 heavy (non-hydrogen) atoms. The second-order valence-corrected chi connectivity index (χ2v) is 4.60. The van der Waals surface area contributed by atoms with Crippen LogP contribution in [0.2, 0.25) is 0 Å². The second kappa shape index (κ2) is 1.88. The van der Waals surface area contributed by atoms with Crippen molar-refractivity contribution < 1.29 is 4.39 Å². The molecule has 3 saturated carbocycles. The maximum atomic E-state index is 13.5. The van der Waals surface area contributed by atoms with Gasteiger partial charge in [0, 0.05) is 4.87 Å². The topological polar surface area (TPSA) is 0 Å². The smallest absolute Gasteiger partial charge is 0.111 e. The van der Waals surface area contributed by atoms with Gasteiger partial charge >= 0.3 is 0 Å². The molecule has 3 rings (SSSR count). The molecule has 3 aliphatic carbocycles. The van der Waals surface area contributed by atoms with Crippen molar-refractivity contribution in [2.75, 3.05) is 0 Å². The van der Waals surface area contributed by atoms with Crippen LogP contribution in [0.1, 0.15) is 38.5 Å². The van der Waals surface area contributed by atoms with Crippen LogP contribution >= 0.6 is 11.6 Å². The predicted octanol–water partition coefficient (Wildman–Crippen LogP) is 3.04. The van der Waals surface area contributed by atoms with Gasteiger partial charge in [0.1, 0.15) is 5.67 Å². The highest BCUT2D eigenvalue weighted by molar-refractivity contribution is 6.24. The van der Waals surface area contributed by atoms with E-state index in [4.69, 9.17) is 11.6 Å². The van der Waals surface area contributed by atoms with E-state index in [0.717, 1.165) is 19.3 Å². The van der Waals surface area contributed by atoms with E-state index in [2.05, 4.69) is 0 Å². The minimum atomic E-state index is -0.823. The van der Waals surface area contributed by atoms with Crippen LogP contribution in [-0.2, 0) is 0 Å². The van der Waals surface area contributed by atoms with Gasteiger partial charge in [0.15, 0.2) is 0 Å². The molecule has 0 spiro atoms. The fraction of sp³-hybridized carbons (Fsp3) is 1.00. The Kier molecular flexibility index (Phi) is 1.30. The Morgan fingerprint density at radius 3 is 1.60 bits per heavy atom. The van der Waals surface area contributed by atoms with Crippen molar-refractivity contribution in [2.45, 2.75) is 49.1 Å². The van der Waals surface area contributed by atoms with E-state index in [9.17, 15) is 4.39 Å². The van der Waals surface area contributed by atoms with Crippen molar-refractivity contribution in [3.05, 3.63) is 0 Å². The zero-order valence-electron chi connectivity index (χ0n) is 6.00. The molecule has 0 aromatic heterocycles. The van der Waals surface area contributed by atoms with E-state index in [0.29, 0.717) is 19.3 Å². The van der Waals surface area contributed by atoms with Crippen LogP contribution in [0.5, 0.6) is 0 Å². The van der Waals surface area contributed by atoms with Crippen molar-refractivity contribution >= 4 is 11.6 Å².